The third-order valence-electron chi connectivity index (χ3n) is 4.95. The van der Waals surface area contributed by atoms with Gasteiger partial charge in [-0.3, -0.25) is 4.79 Å². The summed E-state index contributed by atoms with van der Waals surface area (Å²) in [7, 11) is 0. The maximum absolute atomic E-state index is 12.9. The van der Waals surface area contributed by atoms with Gasteiger partial charge in [0.2, 0.25) is 0 Å². The van der Waals surface area contributed by atoms with Crippen molar-refractivity contribution in [3.63, 3.8) is 0 Å². The normalized spacial score (nSPS) is 14.9. The second-order valence-electron chi connectivity index (χ2n) is 6.98. The van der Waals surface area contributed by atoms with Crippen molar-refractivity contribution < 1.29 is 9.53 Å². The summed E-state index contributed by atoms with van der Waals surface area (Å²) in [5.74, 6) is 0.786. The van der Waals surface area contributed by atoms with Crippen molar-refractivity contribution >= 4 is 17.5 Å². The van der Waals surface area contributed by atoms with Gasteiger partial charge in [0.25, 0.3) is 5.91 Å². The van der Waals surface area contributed by atoms with E-state index in [-0.39, 0.29) is 12.0 Å². The third kappa shape index (κ3) is 4.04. The highest BCUT2D eigenvalue weighted by atomic mass is 35.5. The molecule has 3 aromatic rings. The van der Waals surface area contributed by atoms with Crippen LogP contribution >= 0.6 is 11.6 Å². The Hall–Kier alpha value is -2.79. The Morgan fingerprint density at radius 3 is 2.43 bits per heavy atom. The molecule has 0 spiro atoms. The molecule has 1 saturated heterocycles. The standard InChI is InChI=1S/C22H22ClN3O2/c1-16-15-21(24-26(16)18-5-3-2-4-6-18)22(27)25-13-11-20(12-14-25)28-19-9-7-17(23)8-10-19/h2-10,15,20H,11-14H2,1H3. The summed E-state index contributed by atoms with van der Waals surface area (Å²) in [5, 5.41) is 5.22. The van der Waals surface area contributed by atoms with E-state index in [1.807, 2.05) is 77.2 Å². The number of carbonyl (C=O) groups excluding carboxylic acids is 1. The lowest BCUT2D eigenvalue weighted by atomic mass is 10.1. The first-order valence-corrected chi connectivity index (χ1v) is 9.81. The fourth-order valence-corrected chi connectivity index (χ4v) is 3.58. The number of amides is 1. The van der Waals surface area contributed by atoms with Crippen LogP contribution in [-0.4, -0.2) is 39.8 Å². The fraction of sp³-hybridized carbons (Fsp3) is 0.273. The largest absolute Gasteiger partial charge is 0.490 e. The zero-order valence-corrected chi connectivity index (χ0v) is 16.5. The first-order chi connectivity index (χ1) is 13.6. The Morgan fingerprint density at radius 1 is 1.07 bits per heavy atom. The molecule has 0 radical (unpaired) electrons. The summed E-state index contributed by atoms with van der Waals surface area (Å²) in [4.78, 5) is 14.8. The van der Waals surface area contributed by atoms with Crippen LogP contribution in [0.25, 0.3) is 5.69 Å². The molecule has 0 saturated carbocycles. The molecule has 2 aromatic carbocycles. The highest BCUT2D eigenvalue weighted by Gasteiger charge is 2.26. The van der Waals surface area contributed by atoms with E-state index in [0.717, 1.165) is 30.0 Å². The molecule has 1 aliphatic heterocycles. The number of rotatable bonds is 4. The monoisotopic (exact) mass is 395 g/mol. The molecule has 4 rings (SSSR count). The van der Waals surface area contributed by atoms with E-state index >= 15 is 0 Å². The van der Waals surface area contributed by atoms with Crippen LogP contribution in [-0.2, 0) is 0 Å². The first-order valence-electron chi connectivity index (χ1n) is 9.44. The van der Waals surface area contributed by atoms with E-state index in [4.69, 9.17) is 16.3 Å². The summed E-state index contributed by atoms with van der Waals surface area (Å²) >= 11 is 5.91. The predicted molar refractivity (Wildman–Crippen MR) is 109 cm³/mol. The molecule has 0 atom stereocenters. The van der Waals surface area contributed by atoms with Crippen LogP contribution in [0.1, 0.15) is 29.0 Å². The Bertz CT molecular complexity index is 946. The number of carbonyl (C=O) groups is 1. The van der Waals surface area contributed by atoms with E-state index < -0.39 is 0 Å². The van der Waals surface area contributed by atoms with Gasteiger partial charge in [0.1, 0.15) is 11.9 Å². The average molecular weight is 396 g/mol. The Labute approximate surface area is 169 Å². The number of hydrogen-bond acceptors (Lipinski definition) is 3. The minimum absolute atomic E-state index is 0.0253. The lowest BCUT2D eigenvalue weighted by molar-refractivity contribution is 0.0589. The third-order valence-corrected chi connectivity index (χ3v) is 5.20. The molecule has 6 heteroatoms. The number of piperidine rings is 1. The topological polar surface area (TPSA) is 47.4 Å². The molecule has 144 valence electrons. The summed E-state index contributed by atoms with van der Waals surface area (Å²) in [6.07, 6.45) is 1.70. The van der Waals surface area contributed by atoms with Gasteiger partial charge in [-0.25, -0.2) is 4.68 Å². The number of halogens is 1. The summed E-state index contributed by atoms with van der Waals surface area (Å²) in [5.41, 5.74) is 2.38. The van der Waals surface area contributed by atoms with E-state index in [9.17, 15) is 4.79 Å². The molecule has 1 fully saturated rings. The van der Waals surface area contributed by atoms with Gasteiger partial charge in [0.05, 0.1) is 5.69 Å². The lowest BCUT2D eigenvalue weighted by Crippen LogP contribution is -2.42. The summed E-state index contributed by atoms with van der Waals surface area (Å²) < 4.78 is 7.82. The number of hydrogen-bond donors (Lipinski definition) is 0. The molecule has 1 aromatic heterocycles. The van der Waals surface area contributed by atoms with Gasteiger partial charge in [0.15, 0.2) is 5.69 Å². The number of ether oxygens (including phenoxy) is 1. The summed E-state index contributed by atoms with van der Waals surface area (Å²) in [6, 6.07) is 19.1. The van der Waals surface area contributed by atoms with Crippen molar-refractivity contribution in [1.29, 1.82) is 0 Å². The number of para-hydroxylation sites is 1. The highest BCUT2D eigenvalue weighted by Crippen LogP contribution is 2.22. The number of nitrogens with zero attached hydrogens (tertiary/aromatic N) is 3. The van der Waals surface area contributed by atoms with Crippen molar-refractivity contribution in [3.8, 4) is 11.4 Å². The molecular weight excluding hydrogens is 374 g/mol. The zero-order valence-electron chi connectivity index (χ0n) is 15.7. The quantitative estimate of drug-likeness (QED) is 0.652. The van der Waals surface area contributed by atoms with Crippen LogP contribution in [0.4, 0.5) is 0 Å². The second-order valence-corrected chi connectivity index (χ2v) is 7.42. The maximum Gasteiger partial charge on any atom is 0.274 e. The number of likely N-dealkylation sites (tertiary alicyclic amines) is 1. The molecular formula is C22H22ClN3O2. The zero-order chi connectivity index (χ0) is 19.5. The predicted octanol–water partition coefficient (Wildman–Crippen LogP) is 4.52. The second kappa shape index (κ2) is 8.07. The van der Waals surface area contributed by atoms with Crippen LogP contribution in [0, 0.1) is 6.92 Å². The van der Waals surface area contributed by atoms with Gasteiger partial charge < -0.3 is 9.64 Å². The van der Waals surface area contributed by atoms with Crippen molar-refractivity contribution in [2.45, 2.75) is 25.9 Å². The minimum Gasteiger partial charge on any atom is -0.490 e. The first kappa shape index (κ1) is 18.6. The molecule has 1 aliphatic rings. The molecule has 0 unspecified atom stereocenters. The van der Waals surface area contributed by atoms with Crippen molar-refractivity contribution in [1.82, 2.24) is 14.7 Å². The van der Waals surface area contributed by atoms with E-state index in [0.29, 0.717) is 23.8 Å². The number of aryl methyl sites for hydroxylation is 1. The Kier molecular flexibility index (Phi) is 5.35. The molecule has 5 nitrogen and oxygen atoms in total. The molecule has 0 bridgehead atoms. The molecule has 0 N–H and O–H groups in total. The van der Waals surface area contributed by atoms with Crippen LogP contribution in [0.2, 0.25) is 5.02 Å². The van der Waals surface area contributed by atoms with Crippen LogP contribution < -0.4 is 4.74 Å². The van der Waals surface area contributed by atoms with Crippen LogP contribution in [0.5, 0.6) is 5.75 Å². The lowest BCUT2D eigenvalue weighted by Gasteiger charge is -2.31. The number of benzene rings is 2. The van der Waals surface area contributed by atoms with Crippen LogP contribution in [0.3, 0.4) is 0 Å². The van der Waals surface area contributed by atoms with Gasteiger partial charge in [-0.05, 0) is 49.4 Å². The van der Waals surface area contributed by atoms with Gasteiger partial charge in [-0.1, -0.05) is 29.8 Å². The smallest absolute Gasteiger partial charge is 0.274 e. The molecule has 28 heavy (non-hydrogen) atoms. The Morgan fingerprint density at radius 2 is 1.75 bits per heavy atom. The number of aromatic nitrogens is 2. The van der Waals surface area contributed by atoms with Gasteiger partial charge in [0, 0.05) is 36.6 Å². The van der Waals surface area contributed by atoms with E-state index in [1.165, 1.54) is 0 Å². The van der Waals surface area contributed by atoms with E-state index in [2.05, 4.69) is 5.10 Å². The van der Waals surface area contributed by atoms with Gasteiger partial charge >= 0.3 is 0 Å². The van der Waals surface area contributed by atoms with Crippen molar-refractivity contribution in [3.05, 3.63) is 77.1 Å². The molecule has 0 aliphatic carbocycles. The minimum atomic E-state index is -0.0253. The SMILES string of the molecule is Cc1cc(C(=O)N2CCC(Oc3ccc(Cl)cc3)CC2)nn1-c1ccccc1. The Balaban J connectivity index is 1.38. The highest BCUT2D eigenvalue weighted by molar-refractivity contribution is 6.30. The molecule has 1 amide bonds. The van der Waals surface area contributed by atoms with Gasteiger partial charge in [-0.15, -0.1) is 0 Å². The van der Waals surface area contributed by atoms with E-state index in [1.54, 1.807) is 0 Å². The van der Waals surface area contributed by atoms with Gasteiger partial charge in [-0.2, -0.15) is 5.10 Å². The van der Waals surface area contributed by atoms with Crippen molar-refractivity contribution in [2.75, 3.05) is 13.1 Å². The average Bonchev–Trinajstić information content (AvgIpc) is 3.12. The summed E-state index contributed by atoms with van der Waals surface area (Å²) in [6.45, 7) is 3.28. The fourth-order valence-electron chi connectivity index (χ4n) is 3.45. The molecule has 2 heterocycles. The maximum atomic E-state index is 12.9. The van der Waals surface area contributed by atoms with Crippen LogP contribution in [0.15, 0.2) is 60.7 Å². The van der Waals surface area contributed by atoms with Crippen molar-refractivity contribution in [2.24, 2.45) is 0 Å².